The van der Waals surface area contributed by atoms with Crippen LogP contribution in [0.2, 0.25) is 0 Å². The molecule has 0 N–H and O–H groups in total. The molecule has 1 aliphatic carbocycles. The van der Waals surface area contributed by atoms with Gasteiger partial charge in [0.25, 0.3) is 0 Å². The maximum Gasteiger partial charge on any atom is 0.232 e. The van der Waals surface area contributed by atoms with E-state index in [2.05, 4.69) is 0 Å². The zero-order chi connectivity index (χ0) is 17.4. The highest BCUT2D eigenvalue weighted by Gasteiger charge is 2.54. The number of rotatable bonds is 4. The van der Waals surface area contributed by atoms with E-state index in [1.54, 1.807) is 0 Å². The van der Waals surface area contributed by atoms with Crippen LogP contribution >= 0.6 is 0 Å². The lowest BCUT2D eigenvalue weighted by molar-refractivity contribution is -0.497. The number of carbonyl (C=O) groups excluding carboxylic acids is 2. The number of nitro groups is 1. The van der Waals surface area contributed by atoms with Crippen LogP contribution in [0.25, 0.3) is 0 Å². The third-order valence-corrected chi connectivity index (χ3v) is 4.72. The van der Waals surface area contributed by atoms with Crippen LogP contribution in [0.1, 0.15) is 29.6 Å². The van der Waals surface area contributed by atoms with Crippen molar-refractivity contribution in [2.45, 2.75) is 25.3 Å². The molecule has 3 rings (SSSR count). The largest absolute Gasteiger partial charge is 0.342 e. The van der Waals surface area contributed by atoms with Crippen molar-refractivity contribution in [1.29, 1.82) is 0 Å². The number of halogens is 2. The van der Waals surface area contributed by atoms with E-state index < -0.39 is 40.2 Å². The van der Waals surface area contributed by atoms with Crippen LogP contribution < -0.4 is 0 Å². The predicted molar refractivity (Wildman–Crippen MR) is 78.9 cm³/mol. The number of hydrogen-bond acceptors (Lipinski definition) is 4. The molecule has 1 aliphatic heterocycles. The van der Waals surface area contributed by atoms with Gasteiger partial charge in [-0.15, -0.1) is 0 Å². The van der Waals surface area contributed by atoms with E-state index in [0.29, 0.717) is 25.9 Å². The first kappa shape index (κ1) is 16.5. The van der Waals surface area contributed by atoms with Gasteiger partial charge in [-0.3, -0.25) is 19.7 Å². The van der Waals surface area contributed by atoms with Crippen LogP contribution in [-0.2, 0) is 4.79 Å². The summed E-state index contributed by atoms with van der Waals surface area (Å²) in [5.41, 5.74) is -0.268. The fourth-order valence-corrected chi connectivity index (χ4v) is 3.18. The highest BCUT2D eigenvalue weighted by Crippen LogP contribution is 2.36. The van der Waals surface area contributed by atoms with Crippen LogP contribution in [0.5, 0.6) is 0 Å². The Balaban J connectivity index is 1.59. The van der Waals surface area contributed by atoms with Crippen molar-refractivity contribution >= 4 is 11.7 Å². The van der Waals surface area contributed by atoms with Gasteiger partial charge in [0.15, 0.2) is 5.78 Å². The van der Waals surface area contributed by atoms with Gasteiger partial charge in [0, 0.05) is 30.4 Å². The Morgan fingerprint density at radius 2 is 1.88 bits per heavy atom. The summed E-state index contributed by atoms with van der Waals surface area (Å²) in [6.07, 6.45) is 0.950. The topological polar surface area (TPSA) is 80.5 Å². The standard InChI is InChI=1S/C16H16F2N2O4/c17-10-1-2-13(18)11(7-10)15(21)9-3-5-19(6-4-9)16(22)12-8-14(12)20(23)24/h1-2,7,9,12,14H,3-6,8H2. The minimum Gasteiger partial charge on any atom is -0.342 e. The number of Topliss-reactive ketones (excluding diaryl/α,β-unsaturated/α-hetero) is 1. The first-order valence-corrected chi connectivity index (χ1v) is 7.80. The number of likely N-dealkylation sites (tertiary alicyclic amines) is 1. The molecule has 2 atom stereocenters. The molecular formula is C16H16F2N2O4. The molecule has 2 aliphatic rings. The third kappa shape index (κ3) is 3.13. The van der Waals surface area contributed by atoms with Crippen molar-refractivity contribution in [1.82, 2.24) is 4.90 Å². The number of carbonyl (C=O) groups is 2. The fourth-order valence-electron chi connectivity index (χ4n) is 3.18. The molecule has 1 saturated heterocycles. The highest BCUT2D eigenvalue weighted by molar-refractivity contribution is 5.98. The van der Waals surface area contributed by atoms with Crippen molar-refractivity contribution in [2.75, 3.05) is 13.1 Å². The quantitative estimate of drug-likeness (QED) is 0.478. The summed E-state index contributed by atoms with van der Waals surface area (Å²) in [4.78, 5) is 36.2. The van der Waals surface area contributed by atoms with Crippen LogP contribution in [0, 0.1) is 33.6 Å². The van der Waals surface area contributed by atoms with Gasteiger partial charge in [0.05, 0.1) is 5.56 Å². The van der Waals surface area contributed by atoms with Crippen molar-refractivity contribution in [3.05, 3.63) is 45.5 Å². The second-order valence-corrected chi connectivity index (χ2v) is 6.28. The summed E-state index contributed by atoms with van der Waals surface area (Å²) in [7, 11) is 0. The molecule has 1 aromatic rings. The Hall–Kier alpha value is -2.38. The summed E-state index contributed by atoms with van der Waals surface area (Å²) in [5, 5.41) is 10.6. The number of nitrogens with zero attached hydrogens (tertiary/aromatic N) is 2. The summed E-state index contributed by atoms with van der Waals surface area (Å²) in [5.74, 6) is -3.18. The number of ketones is 1. The summed E-state index contributed by atoms with van der Waals surface area (Å²) in [6, 6.07) is 1.97. The second-order valence-electron chi connectivity index (χ2n) is 6.28. The third-order valence-electron chi connectivity index (χ3n) is 4.72. The van der Waals surface area contributed by atoms with Gasteiger partial charge >= 0.3 is 0 Å². The smallest absolute Gasteiger partial charge is 0.232 e. The number of benzene rings is 1. The normalized spacial score (nSPS) is 23.8. The zero-order valence-corrected chi connectivity index (χ0v) is 12.8. The van der Waals surface area contributed by atoms with E-state index in [1.807, 2.05) is 0 Å². The Morgan fingerprint density at radius 1 is 1.21 bits per heavy atom. The van der Waals surface area contributed by atoms with Crippen molar-refractivity contribution in [3.8, 4) is 0 Å². The summed E-state index contributed by atoms with van der Waals surface area (Å²) >= 11 is 0. The average molecular weight is 338 g/mol. The van der Waals surface area contributed by atoms with Gasteiger partial charge in [0.2, 0.25) is 11.9 Å². The monoisotopic (exact) mass is 338 g/mol. The van der Waals surface area contributed by atoms with E-state index in [0.717, 1.165) is 18.2 Å². The lowest BCUT2D eigenvalue weighted by atomic mass is 9.88. The molecule has 1 amide bonds. The van der Waals surface area contributed by atoms with Crippen LogP contribution in [0.15, 0.2) is 18.2 Å². The van der Waals surface area contributed by atoms with E-state index in [9.17, 15) is 28.5 Å². The Morgan fingerprint density at radius 3 is 2.46 bits per heavy atom. The lowest BCUT2D eigenvalue weighted by Gasteiger charge is -2.31. The molecule has 1 aromatic carbocycles. The second kappa shape index (κ2) is 6.26. The fraction of sp³-hybridized carbons (Fsp3) is 0.500. The van der Waals surface area contributed by atoms with Crippen molar-refractivity contribution in [3.63, 3.8) is 0 Å². The molecule has 2 unspecified atom stereocenters. The highest BCUT2D eigenvalue weighted by atomic mass is 19.1. The van der Waals surface area contributed by atoms with Gasteiger partial charge < -0.3 is 4.90 Å². The van der Waals surface area contributed by atoms with Gasteiger partial charge in [-0.1, -0.05) is 0 Å². The van der Waals surface area contributed by atoms with E-state index >= 15 is 0 Å². The molecule has 1 heterocycles. The molecule has 128 valence electrons. The van der Waals surface area contributed by atoms with Gasteiger partial charge in [0.1, 0.15) is 17.6 Å². The Bertz CT molecular complexity index is 701. The SMILES string of the molecule is O=C(c1cc(F)ccc1F)C1CCN(C(=O)C2CC2[N+](=O)[O-])CC1. The molecule has 1 saturated carbocycles. The molecule has 0 spiro atoms. The molecular weight excluding hydrogens is 322 g/mol. The zero-order valence-electron chi connectivity index (χ0n) is 12.8. The number of amides is 1. The van der Waals surface area contributed by atoms with Gasteiger partial charge in [-0.25, -0.2) is 8.78 Å². The van der Waals surface area contributed by atoms with E-state index in [4.69, 9.17) is 0 Å². The van der Waals surface area contributed by atoms with E-state index in [-0.39, 0.29) is 17.9 Å². The van der Waals surface area contributed by atoms with Crippen molar-refractivity contribution < 1.29 is 23.3 Å². The Labute approximate surface area is 136 Å². The summed E-state index contributed by atoms with van der Waals surface area (Å²) in [6.45, 7) is 0.597. The number of hydrogen-bond donors (Lipinski definition) is 0. The molecule has 8 heteroatoms. The predicted octanol–water partition coefficient (Wildman–Crippen LogP) is 2.05. The van der Waals surface area contributed by atoms with Crippen LogP contribution in [0.4, 0.5) is 8.78 Å². The maximum absolute atomic E-state index is 13.7. The van der Waals surface area contributed by atoms with Crippen LogP contribution in [0.3, 0.4) is 0 Å². The van der Waals surface area contributed by atoms with Gasteiger partial charge in [-0.2, -0.15) is 0 Å². The number of piperidine rings is 1. The first-order valence-electron chi connectivity index (χ1n) is 7.80. The maximum atomic E-state index is 13.7. The molecule has 0 bridgehead atoms. The minimum atomic E-state index is -0.793. The average Bonchev–Trinajstić information content (AvgIpc) is 3.37. The molecule has 24 heavy (non-hydrogen) atoms. The lowest BCUT2D eigenvalue weighted by Crippen LogP contribution is -2.41. The van der Waals surface area contributed by atoms with E-state index in [1.165, 1.54) is 4.90 Å². The Kier molecular flexibility index (Phi) is 4.29. The van der Waals surface area contributed by atoms with Gasteiger partial charge in [-0.05, 0) is 31.0 Å². The molecule has 2 fully saturated rings. The molecule has 0 aromatic heterocycles. The van der Waals surface area contributed by atoms with Crippen molar-refractivity contribution in [2.24, 2.45) is 11.8 Å². The molecule has 0 radical (unpaired) electrons. The minimum absolute atomic E-state index is 0.250. The van der Waals surface area contributed by atoms with Crippen LogP contribution in [-0.4, -0.2) is 40.6 Å². The molecule has 6 nitrogen and oxygen atoms in total. The first-order chi connectivity index (χ1) is 11.4. The summed E-state index contributed by atoms with van der Waals surface area (Å²) < 4.78 is 26.9.